The number of methoxy groups -OCH3 is 1. The summed E-state index contributed by atoms with van der Waals surface area (Å²) in [7, 11) is -2.71. The highest BCUT2D eigenvalue weighted by atomic mass is 32.2. The van der Waals surface area contributed by atoms with Gasteiger partial charge in [0.15, 0.2) is 0 Å². The largest absolute Gasteiger partial charge is 0.496 e. The summed E-state index contributed by atoms with van der Waals surface area (Å²) >= 11 is 1.32. The van der Waals surface area contributed by atoms with Crippen molar-refractivity contribution in [3.63, 3.8) is 0 Å². The molecule has 0 amide bonds. The number of nitrogens with zero attached hydrogens (tertiary/aromatic N) is 2. The molecule has 0 N–H and O–H groups in total. The molecule has 0 unspecified atom stereocenters. The third-order valence-corrected chi connectivity index (χ3v) is 3.09. The maximum atomic E-state index is 11.1. The molecule has 0 atom stereocenters. The Morgan fingerprint density at radius 1 is 1.33 bits per heavy atom. The molecule has 21 heavy (non-hydrogen) atoms. The van der Waals surface area contributed by atoms with Crippen LogP contribution in [0.4, 0.5) is 0 Å². The molecule has 0 aliphatic carbocycles. The number of hydrogen-bond donors (Lipinski definition) is 0. The third kappa shape index (κ3) is 7.75. The Morgan fingerprint density at radius 3 is 2.29 bits per heavy atom. The van der Waals surface area contributed by atoms with E-state index in [1.54, 1.807) is 25.5 Å². The van der Waals surface area contributed by atoms with Gasteiger partial charge in [-0.1, -0.05) is 8.80 Å². The Morgan fingerprint density at radius 2 is 1.90 bits per heavy atom. The van der Waals surface area contributed by atoms with Gasteiger partial charge in [0.2, 0.25) is 0 Å². The number of ether oxygens (including phenoxy) is 2. The van der Waals surface area contributed by atoms with Crippen molar-refractivity contribution < 1.29 is 32.3 Å². The molecule has 0 bridgehead atoms. The summed E-state index contributed by atoms with van der Waals surface area (Å²) in [6, 6.07) is 1.67. The molecular formula is C10H10N2O7S2. The SMILES string of the molecule is CCOC(=O)c1cc(OC)cs1.O=C=NS(=O)(=O)N=C=O. The smallest absolute Gasteiger partial charge is 0.383 e. The molecule has 0 aliphatic rings. The highest BCUT2D eigenvalue weighted by Crippen LogP contribution is 2.21. The lowest BCUT2D eigenvalue weighted by molar-refractivity contribution is 0.0532. The first-order valence-corrected chi connectivity index (χ1v) is 7.40. The fourth-order valence-electron chi connectivity index (χ4n) is 0.850. The molecular weight excluding hydrogens is 324 g/mol. The molecule has 0 spiro atoms. The Balaban J connectivity index is 0.000000400. The third-order valence-electron chi connectivity index (χ3n) is 1.59. The minimum absolute atomic E-state index is 0.286. The fourth-order valence-corrected chi connectivity index (χ4v) is 1.83. The quantitative estimate of drug-likeness (QED) is 0.443. The minimum atomic E-state index is -4.28. The number of rotatable bonds is 5. The van der Waals surface area contributed by atoms with Crippen LogP contribution in [0.25, 0.3) is 0 Å². The van der Waals surface area contributed by atoms with Crippen molar-refractivity contribution in [3.8, 4) is 5.75 Å². The van der Waals surface area contributed by atoms with E-state index in [9.17, 15) is 22.8 Å². The predicted molar refractivity (Wildman–Crippen MR) is 72.0 cm³/mol. The highest BCUT2D eigenvalue weighted by Gasteiger charge is 2.09. The normalized spacial score (nSPS) is 9.24. The standard InChI is InChI=1S/C8H10O3S.C2N2O4S/c1-3-11-8(9)7-4-6(10-2)5-12-7;5-1-3-9(7,8)4-2-6/h4-5H,3H2,1-2H3;. The zero-order chi connectivity index (χ0) is 16.3. The van der Waals surface area contributed by atoms with Gasteiger partial charge in [-0.3, -0.25) is 0 Å². The van der Waals surface area contributed by atoms with Gasteiger partial charge in [0.1, 0.15) is 10.6 Å². The van der Waals surface area contributed by atoms with Crippen LogP contribution in [0.2, 0.25) is 0 Å². The van der Waals surface area contributed by atoms with E-state index in [0.717, 1.165) is 0 Å². The summed E-state index contributed by atoms with van der Waals surface area (Å²) in [4.78, 5) is 30.2. The second kappa shape index (κ2) is 9.56. The maximum absolute atomic E-state index is 11.1. The van der Waals surface area contributed by atoms with E-state index in [4.69, 9.17) is 9.47 Å². The minimum Gasteiger partial charge on any atom is -0.496 e. The Bertz CT molecular complexity index is 643. The van der Waals surface area contributed by atoms with E-state index in [2.05, 4.69) is 8.80 Å². The summed E-state index contributed by atoms with van der Waals surface area (Å²) in [5, 5.41) is 1.77. The van der Waals surface area contributed by atoms with E-state index < -0.39 is 10.2 Å². The molecule has 0 fully saturated rings. The highest BCUT2D eigenvalue weighted by molar-refractivity contribution is 7.89. The molecule has 0 saturated carbocycles. The van der Waals surface area contributed by atoms with Crippen LogP contribution in [0.15, 0.2) is 20.2 Å². The zero-order valence-corrected chi connectivity index (χ0v) is 12.6. The molecule has 1 rings (SSSR count). The topological polar surface area (TPSA) is 129 Å². The van der Waals surface area contributed by atoms with Gasteiger partial charge in [-0.25, -0.2) is 14.4 Å². The first-order chi connectivity index (χ1) is 9.90. The van der Waals surface area contributed by atoms with Gasteiger partial charge in [-0.05, 0) is 6.92 Å². The first-order valence-electron chi connectivity index (χ1n) is 5.13. The number of hydrogen-bond acceptors (Lipinski definition) is 8. The van der Waals surface area contributed by atoms with Crippen molar-refractivity contribution in [2.75, 3.05) is 13.7 Å². The summed E-state index contributed by atoms with van der Waals surface area (Å²) < 4.78 is 34.0. The van der Waals surface area contributed by atoms with Crippen LogP contribution in [-0.2, 0) is 24.5 Å². The Hall–Kier alpha value is -2.32. The summed E-state index contributed by atoms with van der Waals surface area (Å²) in [5.41, 5.74) is 0. The van der Waals surface area contributed by atoms with Crippen molar-refractivity contribution in [3.05, 3.63) is 16.3 Å². The summed E-state index contributed by atoms with van der Waals surface area (Å²) in [6.45, 7) is 2.18. The molecule has 0 aliphatic heterocycles. The lowest BCUT2D eigenvalue weighted by atomic mass is 10.4. The van der Waals surface area contributed by atoms with E-state index in [1.807, 2.05) is 0 Å². The van der Waals surface area contributed by atoms with Gasteiger partial charge >= 0.3 is 16.2 Å². The van der Waals surface area contributed by atoms with Crippen LogP contribution in [0.5, 0.6) is 5.75 Å². The average molecular weight is 334 g/mol. The van der Waals surface area contributed by atoms with Crippen molar-refractivity contribution in [1.82, 2.24) is 0 Å². The number of isocyanates is 2. The van der Waals surface area contributed by atoms with E-state index in [-0.39, 0.29) is 5.97 Å². The van der Waals surface area contributed by atoms with Gasteiger partial charge in [0, 0.05) is 11.4 Å². The van der Waals surface area contributed by atoms with Gasteiger partial charge in [-0.15, -0.1) is 11.3 Å². The van der Waals surface area contributed by atoms with E-state index in [0.29, 0.717) is 29.4 Å². The maximum Gasteiger partial charge on any atom is 0.383 e. The fraction of sp³-hybridized carbons (Fsp3) is 0.300. The van der Waals surface area contributed by atoms with Crippen LogP contribution < -0.4 is 4.74 Å². The van der Waals surface area contributed by atoms with E-state index >= 15 is 0 Å². The lowest BCUT2D eigenvalue weighted by Crippen LogP contribution is -2.01. The van der Waals surface area contributed by atoms with Crippen LogP contribution in [0.3, 0.4) is 0 Å². The second-order valence-corrected chi connectivity index (χ2v) is 5.06. The molecule has 1 aromatic heterocycles. The molecule has 0 aromatic carbocycles. The summed E-state index contributed by atoms with van der Waals surface area (Å²) in [5.74, 6) is 0.411. The lowest BCUT2D eigenvalue weighted by Gasteiger charge is -1.96. The van der Waals surface area contributed by atoms with Crippen molar-refractivity contribution in [1.29, 1.82) is 0 Å². The molecule has 114 valence electrons. The van der Waals surface area contributed by atoms with Crippen LogP contribution in [-0.4, -0.2) is 40.3 Å². The molecule has 1 heterocycles. The predicted octanol–water partition coefficient (Wildman–Crippen LogP) is 0.836. The van der Waals surface area contributed by atoms with Gasteiger partial charge in [0.25, 0.3) is 12.2 Å². The molecule has 9 nitrogen and oxygen atoms in total. The molecule has 1 aromatic rings. The van der Waals surface area contributed by atoms with E-state index in [1.165, 1.54) is 11.3 Å². The zero-order valence-electron chi connectivity index (χ0n) is 10.9. The number of carbonyl (C=O) groups excluding carboxylic acids is 3. The Kier molecular flexibility index (Phi) is 8.51. The average Bonchev–Trinajstić information content (AvgIpc) is 2.88. The van der Waals surface area contributed by atoms with Crippen molar-refractivity contribution in [2.24, 2.45) is 8.80 Å². The van der Waals surface area contributed by atoms with Crippen molar-refractivity contribution in [2.45, 2.75) is 6.92 Å². The number of carbonyl (C=O) groups is 1. The Labute approximate surface area is 124 Å². The van der Waals surface area contributed by atoms with Gasteiger partial charge < -0.3 is 9.47 Å². The van der Waals surface area contributed by atoms with Gasteiger partial charge in [-0.2, -0.15) is 8.42 Å². The van der Waals surface area contributed by atoms with Crippen LogP contribution >= 0.6 is 11.3 Å². The molecule has 11 heteroatoms. The van der Waals surface area contributed by atoms with Crippen LogP contribution in [0.1, 0.15) is 16.6 Å². The number of esters is 1. The van der Waals surface area contributed by atoms with Gasteiger partial charge in [0.05, 0.1) is 13.7 Å². The number of thiophene rings is 1. The monoisotopic (exact) mass is 334 g/mol. The first kappa shape index (κ1) is 18.7. The van der Waals surface area contributed by atoms with Crippen molar-refractivity contribution >= 4 is 39.7 Å². The molecule has 0 saturated heterocycles. The second-order valence-electron chi connectivity index (χ2n) is 2.88. The molecule has 0 radical (unpaired) electrons. The van der Waals surface area contributed by atoms with Crippen LogP contribution in [0, 0.1) is 0 Å². The summed E-state index contributed by atoms with van der Waals surface area (Å²) in [6.07, 6.45) is 1.41.